The fourth-order valence-electron chi connectivity index (χ4n) is 7.18. The van der Waals surface area contributed by atoms with Crippen LogP contribution in [0.3, 0.4) is 0 Å². The fourth-order valence-corrected chi connectivity index (χ4v) is 7.49. The molecule has 5 N–H and O–H groups in total. The topological polar surface area (TPSA) is 190 Å². The maximum Gasteiger partial charge on any atom is 0.417 e. The summed E-state index contributed by atoms with van der Waals surface area (Å²) in [6, 6.07) is 4.46. The second-order valence-electron chi connectivity index (χ2n) is 15.4. The predicted molar refractivity (Wildman–Crippen MR) is 213 cm³/mol. The summed E-state index contributed by atoms with van der Waals surface area (Å²) < 4.78 is 64.4. The van der Waals surface area contributed by atoms with Gasteiger partial charge < -0.3 is 44.7 Å². The number of benzene rings is 2. The predicted octanol–water partition coefficient (Wildman–Crippen LogP) is 5.66. The van der Waals surface area contributed by atoms with Gasteiger partial charge in [0, 0.05) is 33.3 Å². The van der Waals surface area contributed by atoms with Crippen molar-refractivity contribution < 1.29 is 61.5 Å². The van der Waals surface area contributed by atoms with Gasteiger partial charge in [0.15, 0.2) is 5.72 Å². The van der Waals surface area contributed by atoms with E-state index in [1.165, 1.54) is 40.0 Å². The number of aliphatic hydroxyl groups is 2. The highest BCUT2D eigenvalue weighted by atomic mass is 35.5. The molecule has 2 aromatic rings. The summed E-state index contributed by atoms with van der Waals surface area (Å²) in [5, 5.41) is 26.7. The number of allylic oxidation sites excluding steroid dienone is 3. The first kappa shape index (κ1) is 46.8. The molecule has 2 aromatic carbocycles. The molecule has 0 radical (unpaired) electrons. The number of amides is 3. The molecular formula is C41H52ClF3N4O10. The highest BCUT2D eigenvalue weighted by molar-refractivity contribution is 6.35. The number of ether oxygens (including phenoxy) is 4. The zero-order valence-corrected chi connectivity index (χ0v) is 35.1. The van der Waals surface area contributed by atoms with Gasteiger partial charge in [-0.3, -0.25) is 14.9 Å². The van der Waals surface area contributed by atoms with Crippen molar-refractivity contribution in [3.63, 3.8) is 0 Å². The van der Waals surface area contributed by atoms with E-state index in [1.54, 1.807) is 44.2 Å². The molecule has 1 saturated heterocycles. The van der Waals surface area contributed by atoms with Gasteiger partial charge in [-0.15, -0.1) is 0 Å². The molecule has 0 aromatic heterocycles. The number of alkyl carbamates (subject to hydrolysis) is 1. The molecule has 2 aliphatic rings. The molecule has 59 heavy (non-hydrogen) atoms. The molecule has 18 heteroatoms. The smallest absolute Gasteiger partial charge is 0.417 e. The van der Waals surface area contributed by atoms with E-state index in [0.29, 0.717) is 18.1 Å². The zero-order chi connectivity index (χ0) is 44.4. The first-order chi connectivity index (χ1) is 27.4. The van der Waals surface area contributed by atoms with Crippen LogP contribution in [-0.2, 0) is 36.4 Å². The van der Waals surface area contributed by atoms with Crippen molar-refractivity contribution >= 4 is 46.9 Å². The highest BCUT2D eigenvalue weighted by Crippen LogP contribution is 2.40. The molecule has 2 heterocycles. The molecule has 2 aliphatic heterocycles. The summed E-state index contributed by atoms with van der Waals surface area (Å²) in [6.45, 7) is 7.59. The minimum absolute atomic E-state index is 0.0919. The lowest BCUT2D eigenvalue weighted by molar-refractivity contribution is -0.185. The number of nitrogens with two attached hydrogens (primary N) is 1. The molecule has 8 atom stereocenters. The largest absolute Gasteiger partial charge is 0.495 e. The molecule has 4 rings (SSSR count). The number of carbonyl (C=O) groups excluding carboxylic acids is 4. The third kappa shape index (κ3) is 10.3. The number of carbonyl (C=O) groups is 4. The fraction of sp³-hybridized carbons (Fsp3) is 0.512. The molecular weight excluding hydrogens is 801 g/mol. The maximum absolute atomic E-state index is 14.2. The number of hydrogen-bond donors (Lipinski definition) is 4. The lowest BCUT2D eigenvalue weighted by atomic mass is 9.73. The first-order valence-electron chi connectivity index (χ1n) is 18.7. The quantitative estimate of drug-likeness (QED) is 0.207. The number of fused-ring (bicyclic) bond motifs is 4. The van der Waals surface area contributed by atoms with Gasteiger partial charge in [-0.25, -0.2) is 9.59 Å². The second-order valence-corrected chi connectivity index (χ2v) is 15.8. The van der Waals surface area contributed by atoms with Gasteiger partial charge in [-0.2, -0.15) is 13.2 Å². The van der Waals surface area contributed by atoms with Crippen molar-refractivity contribution in [3.05, 3.63) is 75.8 Å². The van der Waals surface area contributed by atoms with Crippen molar-refractivity contribution in [3.8, 4) is 5.75 Å². The number of hydrogen-bond acceptors (Lipinski definition) is 11. The number of rotatable bonds is 6. The van der Waals surface area contributed by atoms with Crippen molar-refractivity contribution in [1.82, 2.24) is 10.2 Å². The summed E-state index contributed by atoms with van der Waals surface area (Å²) in [5.74, 6) is -4.52. The number of esters is 1. The Kier molecular flexibility index (Phi) is 14.4. The summed E-state index contributed by atoms with van der Waals surface area (Å²) in [7, 11) is 5.30. The van der Waals surface area contributed by atoms with Gasteiger partial charge in [-0.1, -0.05) is 49.2 Å². The van der Waals surface area contributed by atoms with Crippen LogP contribution in [0, 0.1) is 11.8 Å². The molecule has 0 unspecified atom stereocenters. The average Bonchev–Trinajstić information content (AvgIpc) is 3.16. The Hall–Kier alpha value is -4.84. The molecule has 0 aliphatic carbocycles. The number of likely N-dealkylation sites (N-methyl/N-ethyl adjacent to an activating group) is 1. The maximum atomic E-state index is 14.2. The SMILES string of the molecule is COc1cc2cc(c1Cl)N(C)C(=O)C[C@H](OC(=O)[C@H](C)N(C)C(=O)c1ccc(N)cc1C(F)(F)F)[C@](C)(O)[C@@H](C)[C@H](C)[C@@H]1C[C@@](O)(NC(=O)O1)[C@H](OC)/C=C/C=C(\C)C2. The normalized spacial score (nSPS) is 29.0. The monoisotopic (exact) mass is 852 g/mol. The number of nitrogens with zero attached hydrogens (tertiary/aromatic N) is 2. The van der Waals surface area contributed by atoms with E-state index in [-0.39, 0.29) is 28.6 Å². The molecule has 14 nitrogen and oxygen atoms in total. The Balaban J connectivity index is 1.80. The van der Waals surface area contributed by atoms with Gasteiger partial charge >= 0.3 is 18.2 Å². The molecule has 3 amide bonds. The molecule has 0 spiro atoms. The molecule has 324 valence electrons. The van der Waals surface area contributed by atoms with Gasteiger partial charge in [0.25, 0.3) is 5.91 Å². The van der Waals surface area contributed by atoms with Crippen LogP contribution in [0.5, 0.6) is 5.75 Å². The van der Waals surface area contributed by atoms with Crippen molar-refractivity contribution in [2.75, 3.05) is 38.9 Å². The van der Waals surface area contributed by atoms with Crippen LogP contribution < -0.4 is 20.7 Å². The van der Waals surface area contributed by atoms with Crippen LogP contribution in [0.1, 0.15) is 68.9 Å². The molecule has 4 bridgehead atoms. The highest BCUT2D eigenvalue weighted by Gasteiger charge is 2.51. The van der Waals surface area contributed by atoms with Crippen molar-refractivity contribution in [1.29, 1.82) is 0 Å². The lowest BCUT2D eigenvalue weighted by Crippen LogP contribution is -2.64. The molecule has 0 saturated carbocycles. The van der Waals surface area contributed by atoms with Crippen molar-refractivity contribution in [2.24, 2.45) is 11.8 Å². The third-order valence-corrected chi connectivity index (χ3v) is 11.8. The van der Waals surface area contributed by atoms with E-state index >= 15 is 0 Å². The minimum atomic E-state index is -4.95. The Labute approximate surface area is 346 Å². The van der Waals surface area contributed by atoms with E-state index < -0.39 is 95.1 Å². The third-order valence-electron chi connectivity index (χ3n) is 11.4. The number of alkyl halides is 3. The van der Waals surface area contributed by atoms with Gasteiger partial charge in [0.1, 0.15) is 40.7 Å². The van der Waals surface area contributed by atoms with Crippen LogP contribution in [0.4, 0.5) is 29.3 Å². The Bertz CT molecular complexity index is 1990. The number of nitrogens with one attached hydrogen (secondary N) is 1. The van der Waals surface area contributed by atoms with Gasteiger partial charge in [-0.05, 0) is 74.9 Å². The van der Waals surface area contributed by atoms with Gasteiger partial charge in [0.05, 0.1) is 30.3 Å². The summed E-state index contributed by atoms with van der Waals surface area (Å²) in [5.41, 5.74) is 0.945. The van der Waals surface area contributed by atoms with E-state index in [9.17, 15) is 42.6 Å². The lowest BCUT2D eigenvalue weighted by Gasteiger charge is -2.46. The van der Waals surface area contributed by atoms with Crippen LogP contribution in [0.15, 0.2) is 54.1 Å². The van der Waals surface area contributed by atoms with E-state index in [0.717, 1.165) is 29.7 Å². The second kappa shape index (κ2) is 18.2. The minimum Gasteiger partial charge on any atom is -0.495 e. The number of nitrogen functional groups attached to an aromatic ring is 1. The Morgan fingerprint density at radius 1 is 1.15 bits per heavy atom. The molecule has 1 fully saturated rings. The van der Waals surface area contributed by atoms with E-state index in [1.807, 2.05) is 6.92 Å². The first-order valence-corrected chi connectivity index (χ1v) is 19.1. The Morgan fingerprint density at radius 2 is 1.81 bits per heavy atom. The Morgan fingerprint density at radius 3 is 2.42 bits per heavy atom. The van der Waals surface area contributed by atoms with Gasteiger partial charge in [0.2, 0.25) is 5.91 Å². The number of anilines is 2. The van der Waals surface area contributed by atoms with Crippen LogP contribution in [0.2, 0.25) is 5.02 Å². The van der Waals surface area contributed by atoms with Crippen LogP contribution in [-0.4, -0.2) is 103 Å². The van der Waals surface area contributed by atoms with Crippen LogP contribution in [0.25, 0.3) is 0 Å². The van der Waals surface area contributed by atoms with Crippen molar-refractivity contribution in [2.45, 2.75) is 95.7 Å². The average molecular weight is 853 g/mol. The van der Waals surface area contributed by atoms with E-state index in [4.69, 9.17) is 36.3 Å². The van der Waals surface area contributed by atoms with Crippen LogP contribution >= 0.6 is 11.6 Å². The number of halogens is 4. The summed E-state index contributed by atoms with van der Waals surface area (Å²) >= 11 is 6.72. The summed E-state index contributed by atoms with van der Waals surface area (Å²) in [4.78, 5) is 56.5. The standard InChI is InChI=1S/C41H52ClF3N4O10/c1-21-11-10-12-32(57-9)40(55)20-31(58-38(53)47-40)22(2)23(3)39(5,54)33(19-34(50)49(7)29-16-25(15-21)17-30(56-8)35(29)42)59-37(52)24(4)48(6)36(51)27-14-13-26(46)18-28(27)41(43,44)45/h10-14,16-18,22-24,31-33,54-55H,15,19-20,46H2,1-9H3,(H,47,53)/b12-10+,21-11+/t22-,23-,24-,31-,32+,33-,39+,40-/m0/s1. The summed E-state index contributed by atoms with van der Waals surface area (Å²) in [6.07, 6.45) is -5.20. The van der Waals surface area contributed by atoms with E-state index in [2.05, 4.69) is 5.32 Å². The zero-order valence-electron chi connectivity index (χ0n) is 34.3. The number of methoxy groups -OCH3 is 2.